The largest absolute Gasteiger partial charge is 0.351 e. The summed E-state index contributed by atoms with van der Waals surface area (Å²) >= 11 is 3.47. The fraction of sp³-hybridized carbons (Fsp3) is 0.524. The molecule has 2 aliphatic rings. The molecule has 2 amide bonds. The minimum absolute atomic E-state index is 0.0826. The van der Waals surface area contributed by atoms with Crippen LogP contribution in [-0.4, -0.2) is 60.9 Å². The Bertz CT molecular complexity index is 678. The molecular formula is C21H28BrN3O2. The highest BCUT2D eigenvalue weighted by Gasteiger charge is 2.29. The van der Waals surface area contributed by atoms with Crippen molar-refractivity contribution in [2.75, 3.05) is 39.3 Å². The molecule has 2 fully saturated rings. The van der Waals surface area contributed by atoms with E-state index in [0.717, 1.165) is 55.6 Å². The third kappa shape index (κ3) is 5.91. The Hall–Kier alpha value is -1.66. The Balaban J connectivity index is 1.33. The Morgan fingerprint density at radius 3 is 2.52 bits per heavy atom. The summed E-state index contributed by atoms with van der Waals surface area (Å²) in [6, 6.07) is 7.80. The molecule has 0 radical (unpaired) electrons. The molecule has 1 aromatic rings. The molecule has 1 N–H and O–H groups in total. The molecule has 6 heteroatoms. The van der Waals surface area contributed by atoms with Gasteiger partial charge in [0.25, 0.3) is 0 Å². The highest BCUT2D eigenvalue weighted by molar-refractivity contribution is 9.10. The van der Waals surface area contributed by atoms with Gasteiger partial charge < -0.3 is 10.2 Å². The first-order valence-electron chi connectivity index (χ1n) is 9.85. The maximum atomic E-state index is 12.5. The average Bonchev–Trinajstić information content (AvgIpc) is 3.22. The number of amides is 2. The number of carbonyl (C=O) groups excluding carboxylic acids is 2. The van der Waals surface area contributed by atoms with Gasteiger partial charge in [0.05, 0.1) is 0 Å². The molecule has 1 aliphatic carbocycles. The van der Waals surface area contributed by atoms with Crippen molar-refractivity contribution in [3.63, 3.8) is 0 Å². The van der Waals surface area contributed by atoms with Crippen LogP contribution in [0.3, 0.4) is 0 Å². The van der Waals surface area contributed by atoms with Crippen LogP contribution in [0.1, 0.15) is 31.2 Å². The molecule has 1 saturated heterocycles. The summed E-state index contributed by atoms with van der Waals surface area (Å²) in [7, 11) is 0. The van der Waals surface area contributed by atoms with E-state index in [4.69, 9.17) is 0 Å². The Labute approximate surface area is 169 Å². The average molecular weight is 434 g/mol. The first kappa shape index (κ1) is 20.1. The minimum Gasteiger partial charge on any atom is -0.351 e. The van der Waals surface area contributed by atoms with Crippen molar-refractivity contribution in [1.29, 1.82) is 0 Å². The summed E-state index contributed by atoms with van der Waals surface area (Å²) < 4.78 is 0.971. The highest BCUT2D eigenvalue weighted by Crippen LogP contribution is 2.26. The van der Waals surface area contributed by atoms with Gasteiger partial charge in [0.2, 0.25) is 11.8 Å². The van der Waals surface area contributed by atoms with E-state index in [2.05, 4.69) is 26.1 Å². The normalized spacial score (nSPS) is 18.9. The van der Waals surface area contributed by atoms with E-state index in [1.54, 1.807) is 6.08 Å². The third-order valence-corrected chi connectivity index (χ3v) is 6.16. The van der Waals surface area contributed by atoms with E-state index in [0.29, 0.717) is 12.5 Å². The van der Waals surface area contributed by atoms with Crippen LogP contribution in [0, 0.1) is 5.92 Å². The van der Waals surface area contributed by atoms with Gasteiger partial charge in [-0.05, 0) is 30.5 Å². The van der Waals surface area contributed by atoms with Gasteiger partial charge in [0.15, 0.2) is 0 Å². The maximum absolute atomic E-state index is 12.5. The first-order chi connectivity index (χ1) is 13.1. The van der Waals surface area contributed by atoms with Gasteiger partial charge in [-0.15, -0.1) is 0 Å². The van der Waals surface area contributed by atoms with E-state index >= 15 is 0 Å². The molecule has 1 saturated carbocycles. The second kappa shape index (κ2) is 10.0. The Morgan fingerprint density at radius 2 is 1.81 bits per heavy atom. The first-order valence-corrected chi connectivity index (χ1v) is 10.6. The number of rotatable bonds is 6. The van der Waals surface area contributed by atoms with Crippen LogP contribution < -0.4 is 5.32 Å². The van der Waals surface area contributed by atoms with E-state index in [9.17, 15) is 9.59 Å². The van der Waals surface area contributed by atoms with Crippen molar-refractivity contribution in [3.8, 4) is 0 Å². The summed E-state index contributed by atoms with van der Waals surface area (Å²) in [6.07, 6.45) is 7.92. The summed E-state index contributed by atoms with van der Waals surface area (Å²) in [5.74, 6) is 0.547. The number of nitrogens with one attached hydrogen (secondary N) is 1. The van der Waals surface area contributed by atoms with E-state index in [-0.39, 0.29) is 11.8 Å². The van der Waals surface area contributed by atoms with Crippen LogP contribution in [0.5, 0.6) is 0 Å². The minimum atomic E-state index is -0.0826. The molecule has 0 atom stereocenters. The molecule has 146 valence electrons. The molecule has 0 unspecified atom stereocenters. The number of hydrogen-bond donors (Lipinski definition) is 1. The maximum Gasteiger partial charge on any atom is 0.244 e. The molecule has 27 heavy (non-hydrogen) atoms. The smallest absolute Gasteiger partial charge is 0.244 e. The van der Waals surface area contributed by atoms with Gasteiger partial charge in [-0.3, -0.25) is 14.5 Å². The molecular weight excluding hydrogens is 406 g/mol. The fourth-order valence-electron chi connectivity index (χ4n) is 3.79. The van der Waals surface area contributed by atoms with Crippen LogP contribution in [0.15, 0.2) is 34.8 Å². The topological polar surface area (TPSA) is 52.7 Å². The Kier molecular flexibility index (Phi) is 7.47. The van der Waals surface area contributed by atoms with Crippen LogP contribution in [0.25, 0.3) is 6.08 Å². The zero-order valence-corrected chi connectivity index (χ0v) is 17.3. The standard InChI is InChI=1S/C21H28BrN3O2/c22-19-8-4-3-5-17(19)9-10-20(26)23-11-12-24-13-15-25(16-14-24)21(27)18-6-1-2-7-18/h3-5,8-10,18H,1-2,6-7,11-16H2,(H,23,26)/b10-9+. The van der Waals surface area contributed by atoms with Gasteiger partial charge in [-0.1, -0.05) is 47.0 Å². The van der Waals surface area contributed by atoms with Gasteiger partial charge >= 0.3 is 0 Å². The number of halogens is 1. The number of hydrogen-bond acceptors (Lipinski definition) is 3. The Morgan fingerprint density at radius 1 is 1.11 bits per heavy atom. The van der Waals surface area contributed by atoms with Crippen LogP contribution in [0.4, 0.5) is 0 Å². The second-order valence-electron chi connectivity index (χ2n) is 7.29. The van der Waals surface area contributed by atoms with Crippen molar-refractivity contribution in [2.24, 2.45) is 5.92 Å². The quantitative estimate of drug-likeness (QED) is 0.701. The van der Waals surface area contributed by atoms with Crippen LogP contribution in [0.2, 0.25) is 0 Å². The molecule has 3 rings (SSSR count). The van der Waals surface area contributed by atoms with E-state index < -0.39 is 0 Å². The zero-order chi connectivity index (χ0) is 19.1. The van der Waals surface area contributed by atoms with Crippen LogP contribution >= 0.6 is 15.9 Å². The van der Waals surface area contributed by atoms with Gasteiger partial charge in [0, 0.05) is 55.7 Å². The predicted octanol–water partition coefficient (Wildman–Crippen LogP) is 2.91. The molecule has 0 spiro atoms. The lowest BCUT2D eigenvalue weighted by molar-refractivity contribution is -0.137. The number of nitrogens with zero attached hydrogens (tertiary/aromatic N) is 2. The molecule has 1 aliphatic heterocycles. The monoisotopic (exact) mass is 433 g/mol. The lowest BCUT2D eigenvalue weighted by Crippen LogP contribution is -2.51. The molecule has 0 aromatic heterocycles. The second-order valence-corrected chi connectivity index (χ2v) is 8.15. The van der Waals surface area contributed by atoms with Gasteiger partial charge in [-0.2, -0.15) is 0 Å². The molecule has 1 aromatic carbocycles. The van der Waals surface area contributed by atoms with Crippen molar-refractivity contribution >= 4 is 33.8 Å². The van der Waals surface area contributed by atoms with Gasteiger partial charge in [0.1, 0.15) is 0 Å². The SMILES string of the molecule is O=C(/C=C/c1ccccc1Br)NCCN1CCN(C(=O)C2CCCC2)CC1. The van der Waals surface area contributed by atoms with Crippen molar-refractivity contribution in [1.82, 2.24) is 15.1 Å². The van der Waals surface area contributed by atoms with E-state index in [1.807, 2.05) is 35.2 Å². The summed E-state index contributed by atoms with van der Waals surface area (Å²) in [5.41, 5.74) is 0.982. The number of carbonyl (C=O) groups is 2. The van der Waals surface area contributed by atoms with Crippen molar-refractivity contribution < 1.29 is 9.59 Å². The number of piperazine rings is 1. The van der Waals surface area contributed by atoms with Gasteiger partial charge in [-0.25, -0.2) is 0 Å². The lowest BCUT2D eigenvalue weighted by atomic mass is 10.1. The molecule has 1 heterocycles. The predicted molar refractivity (Wildman–Crippen MR) is 111 cm³/mol. The highest BCUT2D eigenvalue weighted by atomic mass is 79.9. The lowest BCUT2D eigenvalue weighted by Gasteiger charge is -2.36. The van der Waals surface area contributed by atoms with Crippen LogP contribution in [-0.2, 0) is 9.59 Å². The van der Waals surface area contributed by atoms with Crippen molar-refractivity contribution in [3.05, 3.63) is 40.4 Å². The summed E-state index contributed by atoms with van der Waals surface area (Å²) in [5, 5.41) is 2.94. The van der Waals surface area contributed by atoms with E-state index in [1.165, 1.54) is 12.8 Å². The molecule has 0 bridgehead atoms. The third-order valence-electron chi connectivity index (χ3n) is 5.44. The molecule has 5 nitrogen and oxygen atoms in total. The summed E-state index contributed by atoms with van der Waals surface area (Å²) in [6.45, 7) is 4.84. The zero-order valence-electron chi connectivity index (χ0n) is 15.7. The number of benzene rings is 1. The summed E-state index contributed by atoms with van der Waals surface area (Å²) in [4.78, 5) is 28.8. The van der Waals surface area contributed by atoms with Crippen molar-refractivity contribution in [2.45, 2.75) is 25.7 Å². The fourth-order valence-corrected chi connectivity index (χ4v) is 4.21.